The summed E-state index contributed by atoms with van der Waals surface area (Å²) in [5.74, 6) is -0.162. The number of esters is 1. The Morgan fingerprint density at radius 2 is 1.83 bits per heavy atom. The highest BCUT2D eigenvalue weighted by molar-refractivity contribution is 7.89. The third-order valence-corrected chi connectivity index (χ3v) is 6.43. The van der Waals surface area contributed by atoms with Gasteiger partial charge in [0.05, 0.1) is 18.6 Å². The summed E-state index contributed by atoms with van der Waals surface area (Å²) >= 11 is 0. The average molecular weight is 423 g/mol. The Labute approximate surface area is 173 Å². The number of hydrogen-bond donors (Lipinski definition) is 0. The van der Waals surface area contributed by atoms with Gasteiger partial charge in [-0.15, -0.1) is 0 Å². The number of nitrogens with zero attached hydrogens (tertiary/aromatic N) is 2. The maximum Gasteiger partial charge on any atom is 0.360 e. The van der Waals surface area contributed by atoms with Gasteiger partial charge in [0.25, 0.3) is 0 Å². The Morgan fingerprint density at radius 1 is 1.21 bits per heavy atom. The monoisotopic (exact) mass is 422 g/mol. The van der Waals surface area contributed by atoms with Crippen LogP contribution >= 0.6 is 0 Å². The number of aromatic nitrogens is 1. The number of rotatable bonds is 8. The quantitative estimate of drug-likeness (QED) is 0.598. The zero-order chi connectivity index (χ0) is 21.8. The van der Waals surface area contributed by atoms with Crippen LogP contribution in [0.5, 0.6) is 0 Å². The number of carbonyl (C=O) groups is 1. The van der Waals surface area contributed by atoms with Crippen molar-refractivity contribution >= 4 is 16.0 Å². The van der Waals surface area contributed by atoms with Crippen molar-refractivity contribution in [3.63, 3.8) is 0 Å². The van der Waals surface area contributed by atoms with Gasteiger partial charge < -0.3 is 9.15 Å². The topological polar surface area (TPSA) is 89.7 Å². The minimum Gasteiger partial charge on any atom is -0.464 e. The molecule has 0 aliphatic heterocycles. The van der Waals surface area contributed by atoms with E-state index in [1.807, 2.05) is 26.0 Å². The van der Waals surface area contributed by atoms with Crippen molar-refractivity contribution in [3.05, 3.63) is 47.7 Å². The molecule has 0 fully saturated rings. The molecule has 160 valence electrons. The van der Waals surface area contributed by atoms with Gasteiger partial charge in [-0.1, -0.05) is 46.8 Å². The van der Waals surface area contributed by atoms with Gasteiger partial charge >= 0.3 is 5.97 Å². The summed E-state index contributed by atoms with van der Waals surface area (Å²) in [4.78, 5) is 15.9. The van der Waals surface area contributed by atoms with Crippen LogP contribution in [0.25, 0.3) is 0 Å². The van der Waals surface area contributed by atoms with Crippen molar-refractivity contribution in [2.24, 2.45) is 5.92 Å². The van der Waals surface area contributed by atoms with Crippen molar-refractivity contribution in [3.8, 4) is 0 Å². The fourth-order valence-electron chi connectivity index (χ4n) is 2.70. The number of carbonyl (C=O) groups excluding carboxylic acids is 1. The number of benzene rings is 1. The zero-order valence-corrected chi connectivity index (χ0v) is 18.7. The molecule has 8 heteroatoms. The molecule has 0 aliphatic carbocycles. The van der Waals surface area contributed by atoms with Crippen LogP contribution in [0.15, 0.2) is 39.8 Å². The molecular formula is C21H30N2O5S. The minimum atomic E-state index is -3.76. The number of oxazole rings is 1. The van der Waals surface area contributed by atoms with E-state index in [1.54, 1.807) is 12.1 Å². The zero-order valence-electron chi connectivity index (χ0n) is 17.9. The molecule has 0 aliphatic rings. The van der Waals surface area contributed by atoms with Crippen LogP contribution in [0.2, 0.25) is 0 Å². The van der Waals surface area contributed by atoms with Crippen LogP contribution < -0.4 is 0 Å². The van der Waals surface area contributed by atoms with Gasteiger partial charge in [0.2, 0.25) is 15.9 Å². The fraction of sp³-hybridized carbons (Fsp3) is 0.524. The molecule has 0 N–H and O–H groups in total. The largest absolute Gasteiger partial charge is 0.464 e. The van der Waals surface area contributed by atoms with Crippen molar-refractivity contribution in [2.75, 3.05) is 13.7 Å². The lowest BCUT2D eigenvalue weighted by atomic mass is 9.87. The first-order chi connectivity index (χ1) is 13.4. The summed E-state index contributed by atoms with van der Waals surface area (Å²) in [7, 11) is -2.51. The molecule has 29 heavy (non-hydrogen) atoms. The Hall–Kier alpha value is -2.19. The predicted molar refractivity (Wildman–Crippen MR) is 110 cm³/mol. The third kappa shape index (κ3) is 5.90. The number of hydrogen-bond acceptors (Lipinski definition) is 6. The van der Waals surface area contributed by atoms with Gasteiger partial charge in [-0.3, -0.25) is 0 Å². The second kappa shape index (κ2) is 9.09. The van der Waals surface area contributed by atoms with Crippen molar-refractivity contribution in [1.82, 2.24) is 9.29 Å². The predicted octanol–water partition coefficient (Wildman–Crippen LogP) is 4.00. The SMILES string of the molecule is COC(=O)c1coc(CN(CCC(C)C)S(=O)(=O)c2ccc(C(C)(C)C)cc2)n1. The third-order valence-electron chi connectivity index (χ3n) is 4.57. The maximum absolute atomic E-state index is 13.3. The van der Waals surface area contributed by atoms with Crippen LogP contribution in [-0.2, 0) is 26.7 Å². The van der Waals surface area contributed by atoms with E-state index >= 15 is 0 Å². The molecule has 0 bridgehead atoms. The lowest BCUT2D eigenvalue weighted by molar-refractivity contribution is 0.0594. The summed E-state index contributed by atoms with van der Waals surface area (Å²) in [5, 5.41) is 0. The number of ether oxygens (including phenoxy) is 1. The van der Waals surface area contributed by atoms with Crippen molar-refractivity contribution in [2.45, 2.75) is 57.9 Å². The van der Waals surface area contributed by atoms with E-state index in [0.717, 1.165) is 5.56 Å². The van der Waals surface area contributed by atoms with E-state index in [2.05, 4.69) is 30.5 Å². The second-order valence-electron chi connectivity index (χ2n) is 8.41. The van der Waals surface area contributed by atoms with Crippen LogP contribution in [0, 0.1) is 5.92 Å². The molecule has 1 aromatic carbocycles. The van der Waals surface area contributed by atoms with Crippen molar-refractivity contribution < 1.29 is 22.4 Å². The van der Waals surface area contributed by atoms with Gasteiger partial charge in [-0.2, -0.15) is 4.31 Å². The first kappa shape index (κ1) is 23.1. The number of sulfonamides is 1. The Balaban J connectivity index is 2.32. The molecule has 2 rings (SSSR count). The first-order valence-electron chi connectivity index (χ1n) is 9.58. The van der Waals surface area contributed by atoms with E-state index in [0.29, 0.717) is 18.9 Å². The average Bonchev–Trinajstić information content (AvgIpc) is 3.12. The van der Waals surface area contributed by atoms with Crippen molar-refractivity contribution in [1.29, 1.82) is 0 Å². The smallest absolute Gasteiger partial charge is 0.360 e. The highest BCUT2D eigenvalue weighted by atomic mass is 32.2. The van der Waals surface area contributed by atoms with Gasteiger partial charge in [-0.05, 0) is 35.4 Å². The maximum atomic E-state index is 13.3. The lowest BCUT2D eigenvalue weighted by Gasteiger charge is -2.23. The van der Waals surface area contributed by atoms with Gasteiger partial charge in [0, 0.05) is 6.54 Å². The number of methoxy groups -OCH3 is 1. The fourth-order valence-corrected chi connectivity index (χ4v) is 4.10. The summed E-state index contributed by atoms with van der Waals surface area (Å²) < 4.78 is 37.8. The summed E-state index contributed by atoms with van der Waals surface area (Å²) in [5.41, 5.74) is 1.00. The van der Waals surface area contributed by atoms with Crippen LogP contribution in [0.1, 0.15) is 63.0 Å². The molecule has 0 unspecified atom stereocenters. The molecule has 7 nitrogen and oxygen atoms in total. The lowest BCUT2D eigenvalue weighted by Crippen LogP contribution is -2.32. The first-order valence-corrected chi connectivity index (χ1v) is 11.0. The molecule has 2 aromatic rings. The Bertz CT molecular complexity index is 925. The van der Waals surface area contributed by atoms with Gasteiger partial charge in [0.1, 0.15) is 6.26 Å². The summed E-state index contributed by atoms with van der Waals surface area (Å²) in [6, 6.07) is 6.95. The van der Waals surface area contributed by atoms with Gasteiger partial charge in [-0.25, -0.2) is 18.2 Å². The van der Waals surface area contributed by atoms with E-state index in [9.17, 15) is 13.2 Å². The molecule has 0 saturated carbocycles. The molecular weight excluding hydrogens is 392 g/mol. The van der Waals surface area contributed by atoms with E-state index < -0.39 is 16.0 Å². The highest BCUT2D eigenvalue weighted by Crippen LogP contribution is 2.25. The second-order valence-corrected chi connectivity index (χ2v) is 10.4. The van der Waals surface area contributed by atoms with E-state index in [-0.39, 0.29) is 28.4 Å². The van der Waals surface area contributed by atoms with Crippen LogP contribution in [0.3, 0.4) is 0 Å². The minimum absolute atomic E-state index is 0.0123. The van der Waals surface area contributed by atoms with E-state index in [1.165, 1.54) is 17.7 Å². The highest BCUT2D eigenvalue weighted by Gasteiger charge is 2.27. The Morgan fingerprint density at radius 3 is 2.34 bits per heavy atom. The summed E-state index contributed by atoms with van der Waals surface area (Å²) in [6.45, 7) is 10.5. The molecule has 0 spiro atoms. The summed E-state index contributed by atoms with van der Waals surface area (Å²) in [6.07, 6.45) is 1.86. The van der Waals surface area contributed by atoms with Gasteiger partial charge in [0.15, 0.2) is 5.69 Å². The normalized spacial score (nSPS) is 12.6. The molecule has 0 saturated heterocycles. The van der Waals surface area contributed by atoms with E-state index in [4.69, 9.17) is 4.42 Å². The molecule has 0 atom stereocenters. The molecule has 1 aromatic heterocycles. The molecule has 0 amide bonds. The molecule has 0 radical (unpaired) electrons. The standard InChI is InChI=1S/C21H30N2O5S/c1-15(2)11-12-23(13-19-22-18(14-28-19)20(24)27-6)29(25,26)17-9-7-16(8-10-17)21(3,4)5/h7-10,14-15H,11-13H2,1-6H3. The van der Waals surface area contributed by atoms with Crippen LogP contribution in [-0.4, -0.2) is 37.3 Å². The Kier molecular flexibility index (Phi) is 7.24. The molecule has 1 heterocycles. The van der Waals surface area contributed by atoms with Crippen LogP contribution in [0.4, 0.5) is 0 Å².